The molecule has 1 aliphatic carbocycles. The van der Waals surface area contributed by atoms with E-state index in [2.05, 4.69) is 106 Å². The third kappa shape index (κ3) is 22.6. The first-order valence-electron chi connectivity index (χ1n) is 36.1. The van der Waals surface area contributed by atoms with Crippen LogP contribution in [0.5, 0.6) is 0 Å². The second kappa shape index (κ2) is 39.6. The lowest BCUT2D eigenvalue weighted by Gasteiger charge is -2.32. The maximum atomic E-state index is 13.7. The van der Waals surface area contributed by atoms with E-state index in [1.54, 1.807) is 62.4 Å². The lowest BCUT2D eigenvalue weighted by molar-refractivity contribution is -0.684. The predicted octanol–water partition coefficient (Wildman–Crippen LogP) is 14.0. The molecular formula is C75H96Br4NO22P2S4+3. The number of aliphatic hydroxyl groups is 2. The number of quaternary nitrogens is 1. The molecule has 592 valence electrons. The van der Waals surface area contributed by atoms with Crippen molar-refractivity contribution in [3.8, 4) is 0 Å². The van der Waals surface area contributed by atoms with Crippen LogP contribution in [0, 0.1) is 5.92 Å². The van der Waals surface area contributed by atoms with Gasteiger partial charge in [0.1, 0.15) is 55.9 Å². The number of nitrogens with two attached hydrogens (primary N) is 1. The van der Waals surface area contributed by atoms with E-state index in [1.807, 2.05) is 51.1 Å². The first-order chi connectivity index (χ1) is 51.4. The van der Waals surface area contributed by atoms with Gasteiger partial charge >= 0.3 is 16.9 Å². The quantitative estimate of drug-likeness (QED) is 0.0353. The van der Waals surface area contributed by atoms with E-state index in [0.717, 1.165) is 50.2 Å². The molecule has 6 aromatic carbocycles. The van der Waals surface area contributed by atoms with E-state index in [-0.39, 0.29) is 76.7 Å². The third-order valence-corrected chi connectivity index (χ3v) is 32.1. The van der Waals surface area contributed by atoms with Crippen LogP contribution in [-0.4, -0.2) is 166 Å². The molecule has 17 atom stereocenters. The molecule has 5 heterocycles. The zero-order chi connectivity index (χ0) is 77.7. The molecule has 0 radical (unpaired) electrons. The van der Waals surface area contributed by atoms with Gasteiger partial charge in [0.05, 0.1) is 63.8 Å². The highest BCUT2D eigenvalue weighted by Crippen LogP contribution is 2.53. The predicted molar refractivity (Wildman–Crippen MR) is 422 cm³/mol. The SMILES string of the molecule is CC(C)OC1C[C@H](S(=O)(=O)c2ccc(Br)cc2)O[C@@H]1CO[P+](=O)OC1C[C@H](S(=O)(=O)c2ccc(Br)cc2)O[C@@H]1CO.CC(C)OC1C[C@H](S(=O)(=O)c2ccc(Br)cc2)O[C@@H]1CO[PH+](OC1C[C@H](S(=O)(=O)c2ccc(Br)cc2)O[C@@H]1CO)O[C@@](C)(c1ccccc1)C1CCC[NH2+]1.CC(c1ccccc1)C1CCCC1. The van der Waals surface area contributed by atoms with E-state index >= 15 is 0 Å². The van der Waals surface area contributed by atoms with Gasteiger partial charge < -0.3 is 44.0 Å². The van der Waals surface area contributed by atoms with Crippen LogP contribution >= 0.6 is 80.6 Å². The van der Waals surface area contributed by atoms with Crippen molar-refractivity contribution in [2.75, 3.05) is 33.0 Å². The molecule has 6 aromatic rings. The molecule has 33 heteroatoms. The first kappa shape index (κ1) is 87.4. The van der Waals surface area contributed by atoms with Crippen molar-refractivity contribution in [1.29, 1.82) is 0 Å². The Morgan fingerprint density at radius 1 is 0.500 bits per heavy atom. The first-order valence-corrected chi connectivity index (χ1v) is 47.8. The van der Waals surface area contributed by atoms with E-state index in [1.165, 1.54) is 79.8 Å². The number of hydrogen-bond acceptors (Lipinski definition) is 22. The Labute approximate surface area is 670 Å². The van der Waals surface area contributed by atoms with Crippen molar-refractivity contribution in [2.24, 2.45) is 5.92 Å². The van der Waals surface area contributed by atoms with Crippen LogP contribution in [0.25, 0.3) is 0 Å². The monoisotopic (exact) mass is 1870 g/mol. The average molecular weight is 1870 g/mol. The Bertz CT molecular complexity index is 4340. The Balaban J connectivity index is 0.000000202. The van der Waals surface area contributed by atoms with Crippen molar-refractivity contribution in [3.63, 3.8) is 0 Å². The third-order valence-electron chi connectivity index (χ3n) is 20.0. The molecule has 5 aliphatic heterocycles. The highest BCUT2D eigenvalue weighted by Gasteiger charge is 2.55. The van der Waals surface area contributed by atoms with Gasteiger partial charge in [0, 0.05) is 61.0 Å². The summed E-state index contributed by atoms with van der Waals surface area (Å²) in [6.07, 6.45) is 0.168. The van der Waals surface area contributed by atoms with Crippen LogP contribution in [0.15, 0.2) is 195 Å². The minimum absolute atomic E-state index is 0.0197. The van der Waals surface area contributed by atoms with Crippen LogP contribution in [0.2, 0.25) is 0 Å². The van der Waals surface area contributed by atoms with Crippen molar-refractivity contribution in [1.82, 2.24) is 0 Å². The number of halogens is 4. The number of ether oxygens (including phenoxy) is 6. The Morgan fingerprint density at radius 3 is 1.28 bits per heavy atom. The molecule has 0 spiro atoms. The summed E-state index contributed by atoms with van der Waals surface area (Å²) in [6, 6.07) is 45.6. The summed E-state index contributed by atoms with van der Waals surface area (Å²) in [5.74, 6) is 1.71. The zero-order valence-electron chi connectivity index (χ0n) is 60.7. The largest absolute Gasteiger partial charge is 0.697 e. The summed E-state index contributed by atoms with van der Waals surface area (Å²) in [5.41, 5.74) is -3.43. The second-order valence-electron chi connectivity index (χ2n) is 28.1. The molecule has 1 saturated carbocycles. The van der Waals surface area contributed by atoms with Crippen LogP contribution in [0.1, 0.15) is 123 Å². The fourth-order valence-electron chi connectivity index (χ4n) is 14.1. The van der Waals surface area contributed by atoms with E-state index < -0.39 is 146 Å². The fraction of sp³-hybridized carbons (Fsp3) is 0.520. The van der Waals surface area contributed by atoms with Gasteiger partial charge in [-0.05, 0) is 167 Å². The van der Waals surface area contributed by atoms with Crippen LogP contribution in [0.4, 0.5) is 0 Å². The molecule has 0 bridgehead atoms. The number of sulfone groups is 4. The van der Waals surface area contributed by atoms with Crippen molar-refractivity contribution in [2.45, 2.75) is 226 Å². The van der Waals surface area contributed by atoms with Crippen LogP contribution in [-0.2, 0) is 101 Å². The van der Waals surface area contributed by atoms with Crippen molar-refractivity contribution in [3.05, 3.63) is 187 Å². The molecule has 0 aromatic heterocycles. The van der Waals surface area contributed by atoms with Gasteiger partial charge in [0.2, 0.25) is 39.3 Å². The molecule has 6 aliphatic rings. The normalized spacial score (nSPS) is 26.9. The summed E-state index contributed by atoms with van der Waals surface area (Å²) >= 11 is 13.2. The molecule has 5 saturated heterocycles. The smallest absolute Gasteiger partial charge is 0.394 e. The lowest BCUT2D eigenvalue weighted by atomic mass is 9.87. The highest BCUT2D eigenvalue weighted by atomic mass is 79.9. The fourth-order valence-corrected chi connectivity index (χ4v) is 23.8. The van der Waals surface area contributed by atoms with E-state index in [9.17, 15) is 48.4 Å². The summed E-state index contributed by atoms with van der Waals surface area (Å²) < 4.78 is 189. The molecule has 6 fully saturated rings. The van der Waals surface area contributed by atoms with Gasteiger partial charge in [-0.15, -0.1) is 9.05 Å². The number of benzene rings is 6. The van der Waals surface area contributed by atoms with Gasteiger partial charge in [-0.25, -0.2) is 33.7 Å². The van der Waals surface area contributed by atoms with Gasteiger partial charge in [0.15, 0.2) is 27.3 Å². The maximum Gasteiger partial charge on any atom is 0.697 e. The van der Waals surface area contributed by atoms with Crippen LogP contribution < -0.4 is 5.32 Å². The molecule has 23 nitrogen and oxygen atoms in total. The number of aliphatic hydroxyl groups excluding tert-OH is 2. The van der Waals surface area contributed by atoms with Gasteiger partial charge in [0.25, 0.3) is 0 Å². The summed E-state index contributed by atoms with van der Waals surface area (Å²) in [4.78, 5) is 0.342. The summed E-state index contributed by atoms with van der Waals surface area (Å²) in [6.45, 7) is 11.1. The molecule has 8 unspecified atom stereocenters. The topological polar surface area (TPSA) is 312 Å². The minimum Gasteiger partial charge on any atom is -0.394 e. The Hall–Kier alpha value is -2.99. The van der Waals surface area contributed by atoms with Crippen molar-refractivity contribution >= 4 is 120 Å². The Morgan fingerprint density at radius 2 is 0.880 bits per heavy atom. The maximum absolute atomic E-state index is 13.7. The number of rotatable bonds is 30. The van der Waals surface area contributed by atoms with Crippen LogP contribution in [0.3, 0.4) is 0 Å². The average Bonchev–Trinajstić information content (AvgIpc) is 1.61. The minimum atomic E-state index is -3.95. The molecule has 4 N–H and O–H groups in total. The summed E-state index contributed by atoms with van der Waals surface area (Å²) in [7, 11) is -21.2. The van der Waals surface area contributed by atoms with Gasteiger partial charge in [-0.1, -0.05) is 144 Å². The van der Waals surface area contributed by atoms with Gasteiger partial charge in [-0.2, -0.15) is 13.6 Å². The lowest BCUT2D eigenvalue weighted by Crippen LogP contribution is -2.90. The number of hydrogen-bond donors (Lipinski definition) is 3. The second-order valence-corrected chi connectivity index (χ2v) is 42.3. The van der Waals surface area contributed by atoms with Gasteiger partial charge in [-0.3, -0.25) is 0 Å². The standard InChI is InChI=1S/C37H47Br2NO11PS2.C25H30Br2O11PS2.C13H18/c1-24(2)47-30-20-35(53(42,43)28-15-11-26(38)12-16-28)49-33(30)23-46-52(51-37(3,34-10-7-19-40-34)25-8-5-4-6-9-25)50-31-21-36(48-32(31)22-41)54(44,45)29-17-13-27(39)14-18-29;1-15(2)35-20-11-24(40(30,31)18-7-3-16(26)4-8-18)37-23(20)14-34-39(29)38-21-12-25(36-22(21)13-28)41(32,33)19-9-5-17(27)6-10-19;1-11(13-9-5-6-10-13)12-7-3-2-4-8-12/h4-6,8-9,11-18,24,30-36,40-41,52H,7,10,19-23H2,1-3H3;3-10,15,20-25,28H,11-14H2,1-2H3;2-4,7-8,11,13H,5-6,9-10H2,1H3/q2*+1;/p+1/t30?,31?,32-,33-,34?,35+,36+,37+;20?,21?,22-,23-,24+,25+;/m11./s1. The molecule has 0 amide bonds. The Kier molecular flexibility index (Phi) is 32.0. The summed E-state index contributed by atoms with van der Waals surface area (Å²) in [5, 5.41) is 22.4. The van der Waals surface area contributed by atoms with Crippen molar-refractivity contribution < 1.29 is 105 Å². The highest BCUT2D eigenvalue weighted by molar-refractivity contribution is 9.11. The molecule has 12 rings (SSSR count). The zero-order valence-corrected chi connectivity index (χ0v) is 72.2. The van der Waals surface area contributed by atoms with E-state index in [0.29, 0.717) is 4.47 Å². The molecular weight excluding hydrogens is 1780 g/mol. The molecule has 108 heavy (non-hydrogen) atoms. The van der Waals surface area contributed by atoms with E-state index in [4.69, 9.17) is 51.0 Å².